The lowest BCUT2D eigenvalue weighted by Gasteiger charge is -2.07. The van der Waals surface area contributed by atoms with Crippen molar-refractivity contribution in [3.8, 4) is 0 Å². The van der Waals surface area contributed by atoms with Gasteiger partial charge < -0.3 is 10.6 Å². The third kappa shape index (κ3) is 3.38. The van der Waals surface area contributed by atoms with E-state index >= 15 is 0 Å². The van der Waals surface area contributed by atoms with Crippen LogP contribution in [-0.2, 0) is 0 Å². The van der Waals surface area contributed by atoms with E-state index in [0.717, 1.165) is 37.1 Å². The summed E-state index contributed by atoms with van der Waals surface area (Å²) in [4.78, 5) is 8.34. The second-order valence-electron chi connectivity index (χ2n) is 4.04. The van der Waals surface area contributed by atoms with Gasteiger partial charge in [0.05, 0.1) is 0 Å². The molecule has 0 spiro atoms. The highest BCUT2D eigenvalue weighted by molar-refractivity contribution is 5.46. The van der Waals surface area contributed by atoms with E-state index in [2.05, 4.69) is 27.5 Å². The van der Waals surface area contributed by atoms with Gasteiger partial charge in [-0.3, -0.25) is 0 Å². The molecular weight excluding hydrogens is 188 g/mol. The first-order valence-electron chi connectivity index (χ1n) is 5.68. The monoisotopic (exact) mass is 206 g/mol. The van der Waals surface area contributed by atoms with Crippen LogP contribution >= 0.6 is 0 Å². The molecule has 0 aliphatic heterocycles. The Morgan fingerprint density at radius 3 is 2.67 bits per heavy atom. The van der Waals surface area contributed by atoms with Crippen LogP contribution in [0, 0.1) is 5.92 Å². The first-order valence-corrected chi connectivity index (χ1v) is 5.68. The number of nitrogens with one attached hydrogen (secondary N) is 2. The lowest BCUT2D eigenvalue weighted by atomic mass is 10.4. The molecule has 1 heterocycles. The molecule has 1 aromatic heterocycles. The Bertz CT molecular complexity index is 309. The molecule has 4 nitrogen and oxygen atoms in total. The fraction of sp³-hybridized carbons (Fsp3) is 0.636. The maximum atomic E-state index is 4.18. The quantitative estimate of drug-likeness (QED) is 0.748. The minimum absolute atomic E-state index is 0.868. The van der Waals surface area contributed by atoms with Crippen LogP contribution in [0.2, 0.25) is 0 Å². The van der Waals surface area contributed by atoms with Gasteiger partial charge in [-0.2, -0.15) is 0 Å². The zero-order valence-corrected chi connectivity index (χ0v) is 9.16. The van der Waals surface area contributed by atoms with Gasteiger partial charge in [-0.15, -0.1) is 0 Å². The van der Waals surface area contributed by atoms with Gasteiger partial charge in [0.2, 0.25) is 0 Å². The molecule has 82 valence electrons. The fourth-order valence-electron chi connectivity index (χ4n) is 1.37. The van der Waals surface area contributed by atoms with E-state index in [0.29, 0.717) is 0 Å². The Hall–Kier alpha value is -1.32. The topological polar surface area (TPSA) is 49.8 Å². The summed E-state index contributed by atoms with van der Waals surface area (Å²) in [5.74, 6) is 2.70. The summed E-state index contributed by atoms with van der Waals surface area (Å²) < 4.78 is 0. The highest BCUT2D eigenvalue weighted by Crippen LogP contribution is 2.28. The Labute approximate surface area is 90.5 Å². The molecule has 1 fully saturated rings. The number of nitrogens with zero attached hydrogens (tertiary/aromatic N) is 2. The number of hydrogen-bond acceptors (Lipinski definition) is 4. The molecule has 1 aliphatic carbocycles. The third-order valence-corrected chi connectivity index (χ3v) is 2.49. The molecule has 0 unspecified atom stereocenters. The van der Waals surface area contributed by atoms with Crippen molar-refractivity contribution in [1.82, 2.24) is 9.97 Å². The van der Waals surface area contributed by atoms with Crippen molar-refractivity contribution in [1.29, 1.82) is 0 Å². The van der Waals surface area contributed by atoms with Crippen LogP contribution in [0.1, 0.15) is 26.2 Å². The summed E-state index contributed by atoms with van der Waals surface area (Å²) >= 11 is 0. The first-order chi connectivity index (χ1) is 7.38. The SMILES string of the molecule is CCCNc1cc(NCC2CC2)ncn1. The maximum absolute atomic E-state index is 4.18. The zero-order chi connectivity index (χ0) is 10.5. The van der Waals surface area contributed by atoms with Gasteiger partial charge in [-0.1, -0.05) is 6.92 Å². The van der Waals surface area contributed by atoms with Gasteiger partial charge >= 0.3 is 0 Å². The minimum Gasteiger partial charge on any atom is -0.370 e. The normalized spacial score (nSPS) is 15.0. The predicted molar refractivity (Wildman–Crippen MR) is 62.0 cm³/mol. The van der Waals surface area contributed by atoms with E-state index in [1.807, 2.05) is 6.07 Å². The van der Waals surface area contributed by atoms with E-state index in [1.54, 1.807) is 6.33 Å². The van der Waals surface area contributed by atoms with Crippen molar-refractivity contribution in [2.75, 3.05) is 23.7 Å². The van der Waals surface area contributed by atoms with E-state index in [-0.39, 0.29) is 0 Å². The van der Waals surface area contributed by atoms with Crippen LogP contribution in [0.3, 0.4) is 0 Å². The molecule has 0 atom stereocenters. The summed E-state index contributed by atoms with van der Waals surface area (Å²) in [5.41, 5.74) is 0. The highest BCUT2D eigenvalue weighted by atomic mass is 15.1. The van der Waals surface area contributed by atoms with Crippen molar-refractivity contribution in [3.05, 3.63) is 12.4 Å². The van der Waals surface area contributed by atoms with Crippen LogP contribution in [-0.4, -0.2) is 23.1 Å². The number of rotatable bonds is 6. The van der Waals surface area contributed by atoms with Crippen molar-refractivity contribution >= 4 is 11.6 Å². The molecule has 0 aromatic carbocycles. The molecule has 0 radical (unpaired) electrons. The Morgan fingerprint density at radius 2 is 2.00 bits per heavy atom. The Kier molecular flexibility index (Phi) is 3.37. The van der Waals surface area contributed by atoms with Gasteiger partial charge in [0.15, 0.2) is 0 Å². The summed E-state index contributed by atoms with van der Waals surface area (Å²) in [6.45, 7) is 4.14. The van der Waals surface area contributed by atoms with E-state index in [9.17, 15) is 0 Å². The number of anilines is 2. The average Bonchev–Trinajstić information content (AvgIpc) is 3.08. The molecule has 2 rings (SSSR count). The molecule has 2 N–H and O–H groups in total. The van der Waals surface area contributed by atoms with Gasteiger partial charge in [0, 0.05) is 19.2 Å². The molecule has 0 amide bonds. The smallest absolute Gasteiger partial charge is 0.131 e. The molecule has 4 heteroatoms. The van der Waals surface area contributed by atoms with Crippen molar-refractivity contribution in [2.45, 2.75) is 26.2 Å². The summed E-state index contributed by atoms with van der Waals surface area (Å²) in [6, 6.07) is 1.97. The van der Waals surface area contributed by atoms with Crippen LogP contribution in [0.4, 0.5) is 11.6 Å². The molecule has 15 heavy (non-hydrogen) atoms. The van der Waals surface area contributed by atoms with Crippen LogP contribution in [0.25, 0.3) is 0 Å². The van der Waals surface area contributed by atoms with Gasteiger partial charge in [0.1, 0.15) is 18.0 Å². The van der Waals surface area contributed by atoms with Crippen LogP contribution in [0.15, 0.2) is 12.4 Å². The third-order valence-electron chi connectivity index (χ3n) is 2.49. The second kappa shape index (κ2) is 4.96. The Morgan fingerprint density at radius 1 is 1.27 bits per heavy atom. The van der Waals surface area contributed by atoms with Gasteiger partial charge in [-0.25, -0.2) is 9.97 Å². The lowest BCUT2D eigenvalue weighted by Crippen LogP contribution is -2.07. The summed E-state index contributed by atoms with van der Waals surface area (Å²) in [5, 5.41) is 6.58. The van der Waals surface area contributed by atoms with E-state index < -0.39 is 0 Å². The summed E-state index contributed by atoms with van der Waals surface area (Å²) in [6.07, 6.45) is 5.43. The molecule has 1 aliphatic rings. The molecule has 0 saturated heterocycles. The lowest BCUT2D eigenvalue weighted by molar-refractivity contribution is 0.880. The number of hydrogen-bond donors (Lipinski definition) is 2. The molecule has 1 saturated carbocycles. The molecule has 1 aromatic rings. The molecule has 0 bridgehead atoms. The van der Waals surface area contributed by atoms with E-state index in [1.165, 1.54) is 12.8 Å². The summed E-state index contributed by atoms with van der Waals surface area (Å²) in [7, 11) is 0. The zero-order valence-electron chi connectivity index (χ0n) is 9.16. The number of aromatic nitrogens is 2. The predicted octanol–water partition coefficient (Wildman–Crippen LogP) is 2.12. The fourth-order valence-corrected chi connectivity index (χ4v) is 1.37. The highest BCUT2D eigenvalue weighted by Gasteiger charge is 2.20. The van der Waals surface area contributed by atoms with Gasteiger partial charge in [-0.05, 0) is 25.2 Å². The average molecular weight is 206 g/mol. The van der Waals surface area contributed by atoms with Crippen molar-refractivity contribution in [2.24, 2.45) is 5.92 Å². The van der Waals surface area contributed by atoms with Crippen molar-refractivity contribution < 1.29 is 0 Å². The Balaban J connectivity index is 1.85. The van der Waals surface area contributed by atoms with Crippen molar-refractivity contribution in [3.63, 3.8) is 0 Å². The van der Waals surface area contributed by atoms with Crippen LogP contribution < -0.4 is 10.6 Å². The standard InChI is InChI=1S/C11H18N4/c1-2-5-12-10-6-11(15-8-14-10)13-7-9-3-4-9/h6,8-9H,2-5,7H2,1H3,(H2,12,13,14,15). The maximum Gasteiger partial charge on any atom is 0.131 e. The molecular formula is C11H18N4. The minimum atomic E-state index is 0.868. The van der Waals surface area contributed by atoms with Crippen LogP contribution in [0.5, 0.6) is 0 Å². The first kappa shape index (κ1) is 10.2. The second-order valence-corrected chi connectivity index (χ2v) is 4.04. The largest absolute Gasteiger partial charge is 0.370 e. The van der Waals surface area contributed by atoms with E-state index in [4.69, 9.17) is 0 Å². The van der Waals surface area contributed by atoms with Gasteiger partial charge in [0.25, 0.3) is 0 Å².